The first-order valence-electron chi connectivity index (χ1n) is 10.5. The monoisotopic (exact) mass is 389 g/mol. The highest BCUT2D eigenvalue weighted by molar-refractivity contribution is 5.93. The second-order valence-electron chi connectivity index (χ2n) is 9.70. The van der Waals surface area contributed by atoms with Crippen LogP contribution in [-0.2, 0) is 19.1 Å². The van der Waals surface area contributed by atoms with Gasteiger partial charge in [-0.2, -0.15) is 0 Å². The summed E-state index contributed by atoms with van der Waals surface area (Å²) < 4.78 is 10.1. The number of amides is 1. The smallest absolute Gasteiger partial charge is 0.336 e. The number of hydrogen-bond acceptors (Lipinski definition) is 4. The van der Waals surface area contributed by atoms with Crippen LogP contribution in [0.2, 0.25) is 0 Å². The molecule has 3 aliphatic rings. The van der Waals surface area contributed by atoms with E-state index in [4.69, 9.17) is 9.47 Å². The summed E-state index contributed by atoms with van der Waals surface area (Å²) in [4.78, 5) is 24.1. The lowest BCUT2D eigenvalue weighted by molar-refractivity contribution is -0.135. The number of methoxy groups -OCH3 is 1. The summed E-state index contributed by atoms with van der Waals surface area (Å²) in [7, 11) is 1.48. The Morgan fingerprint density at radius 2 is 2.11 bits per heavy atom. The van der Waals surface area contributed by atoms with E-state index in [-0.39, 0.29) is 30.5 Å². The van der Waals surface area contributed by atoms with Crippen molar-refractivity contribution in [2.45, 2.75) is 65.3 Å². The molecule has 0 aromatic carbocycles. The molecule has 5 nitrogen and oxygen atoms in total. The van der Waals surface area contributed by atoms with E-state index in [1.54, 1.807) is 0 Å². The van der Waals surface area contributed by atoms with E-state index < -0.39 is 6.04 Å². The molecular weight excluding hydrogens is 354 g/mol. The number of rotatable bonds is 5. The van der Waals surface area contributed by atoms with Crippen LogP contribution in [0.3, 0.4) is 0 Å². The first kappa shape index (κ1) is 21.1. The number of allylic oxidation sites excluding steroid dienone is 2. The van der Waals surface area contributed by atoms with Crippen LogP contribution in [0.5, 0.6) is 0 Å². The van der Waals surface area contributed by atoms with Gasteiger partial charge in [0.2, 0.25) is 5.91 Å². The van der Waals surface area contributed by atoms with Crippen LogP contribution in [0, 0.1) is 22.7 Å². The van der Waals surface area contributed by atoms with E-state index >= 15 is 0 Å². The average Bonchev–Trinajstić information content (AvgIpc) is 2.93. The lowest BCUT2D eigenvalue weighted by atomic mass is 9.47. The molecule has 0 aromatic heterocycles. The van der Waals surface area contributed by atoms with Crippen molar-refractivity contribution in [3.8, 4) is 0 Å². The fourth-order valence-corrected chi connectivity index (χ4v) is 6.14. The largest absolute Gasteiger partial charge is 0.460 e. The average molecular weight is 390 g/mol. The van der Waals surface area contributed by atoms with Crippen molar-refractivity contribution < 1.29 is 19.1 Å². The highest BCUT2D eigenvalue weighted by atomic mass is 16.5. The standard InChI is InChI=1S/C23H35NO4/c1-15-7-10-19-22(2,3)11-6-12-23(19,4)17(15)9-8-16-18(13-28-21(16)26)24-20(25)14-27-5/h8,17-19H,1,6-7,9-14H2,2-5H3,(H,24,25)/b16-8+/t17-,18+,19-,23+/m1/s1. The van der Waals surface area contributed by atoms with Gasteiger partial charge in [-0.15, -0.1) is 0 Å². The van der Waals surface area contributed by atoms with Crippen LogP contribution in [0.15, 0.2) is 23.8 Å². The first-order valence-corrected chi connectivity index (χ1v) is 10.5. The number of hydrogen-bond donors (Lipinski definition) is 1. The van der Waals surface area contributed by atoms with Gasteiger partial charge in [-0.1, -0.05) is 45.4 Å². The summed E-state index contributed by atoms with van der Waals surface area (Å²) in [6.07, 6.45) is 8.81. The zero-order valence-corrected chi connectivity index (χ0v) is 17.8. The van der Waals surface area contributed by atoms with Gasteiger partial charge in [0.25, 0.3) is 0 Å². The molecule has 0 aromatic rings. The molecule has 2 saturated carbocycles. The maximum Gasteiger partial charge on any atom is 0.336 e. The van der Waals surface area contributed by atoms with Crippen molar-refractivity contribution in [2.75, 3.05) is 20.3 Å². The predicted molar refractivity (Wildman–Crippen MR) is 109 cm³/mol. The van der Waals surface area contributed by atoms with Crippen LogP contribution in [0.4, 0.5) is 0 Å². The molecule has 3 rings (SSSR count). The molecule has 0 spiro atoms. The van der Waals surface area contributed by atoms with Gasteiger partial charge in [-0.05, 0) is 54.8 Å². The van der Waals surface area contributed by atoms with Crippen LogP contribution in [0.25, 0.3) is 0 Å². The van der Waals surface area contributed by atoms with Gasteiger partial charge in [-0.25, -0.2) is 4.79 Å². The summed E-state index contributed by atoms with van der Waals surface area (Å²) in [5.41, 5.74) is 2.44. The quantitative estimate of drug-likeness (QED) is 0.441. The zero-order valence-electron chi connectivity index (χ0n) is 17.8. The minimum Gasteiger partial charge on any atom is -0.460 e. The molecule has 0 radical (unpaired) electrons. The molecule has 2 aliphatic carbocycles. The molecule has 1 N–H and O–H groups in total. The lowest BCUT2D eigenvalue weighted by Crippen LogP contribution is -2.49. The van der Waals surface area contributed by atoms with Gasteiger partial charge in [0.1, 0.15) is 13.2 Å². The summed E-state index contributed by atoms with van der Waals surface area (Å²) in [5.74, 6) is 0.479. The highest BCUT2D eigenvalue weighted by Gasteiger charge is 2.52. The van der Waals surface area contributed by atoms with Crippen LogP contribution in [0.1, 0.15) is 59.3 Å². The fourth-order valence-electron chi connectivity index (χ4n) is 6.14. The van der Waals surface area contributed by atoms with Crippen molar-refractivity contribution in [3.05, 3.63) is 23.8 Å². The Morgan fingerprint density at radius 3 is 2.82 bits per heavy atom. The third kappa shape index (κ3) is 3.91. The molecule has 28 heavy (non-hydrogen) atoms. The van der Waals surface area contributed by atoms with Gasteiger partial charge < -0.3 is 14.8 Å². The van der Waals surface area contributed by atoms with E-state index in [0.717, 1.165) is 12.8 Å². The van der Waals surface area contributed by atoms with Crippen LogP contribution >= 0.6 is 0 Å². The molecule has 3 fully saturated rings. The summed E-state index contributed by atoms with van der Waals surface area (Å²) in [5, 5.41) is 2.84. The second-order valence-corrected chi connectivity index (χ2v) is 9.70. The molecule has 5 heteroatoms. The van der Waals surface area contributed by atoms with E-state index in [9.17, 15) is 9.59 Å². The number of esters is 1. The third-order valence-electron chi connectivity index (χ3n) is 7.50. The van der Waals surface area contributed by atoms with Gasteiger partial charge in [-0.3, -0.25) is 4.79 Å². The van der Waals surface area contributed by atoms with Gasteiger partial charge in [0.15, 0.2) is 0 Å². The van der Waals surface area contributed by atoms with Crippen LogP contribution in [-0.4, -0.2) is 38.2 Å². The molecule has 0 bridgehead atoms. The Hall–Kier alpha value is -1.62. The molecule has 156 valence electrons. The Bertz CT molecular complexity index is 680. The van der Waals surface area contributed by atoms with E-state index in [0.29, 0.717) is 22.8 Å². The van der Waals surface area contributed by atoms with E-state index in [1.807, 2.05) is 6.08 Å². The van der Waals surface area contributed by atoms with Crippen LogP contribution < -0.4 is 5.32 Å². The maximum absolute atomic E-state index is 12.2. The molecule has 1 saturated heterocycles. The molecular formula is C23H35NO4. The number of ether oxygens (including phenoxy) is 2. The first-order chi connectivity index (χ1) is 13.2. The number of nitrogens with one attached hydrogen (secondary N) is 1. The van der Waals surface area contributed by atoms with Crippen molar-refractivity contribution in [1.29, 1.82) is 0 Å². The summed E-state index contributed by atoms with van der Waals surface area (Å²) in [6, 6.07) is -0.390. The number of cyclic esters (lactones) is 1. The number of carbonyl (C=O) groups excluding carboxylic acids is 2. The molecule has 1 heterocycles. The SMILES string of the molecule is C=C1CC[C@@H]2C(C)(C)CCC[C@@]2(C)[C@@H]1C/C=C1/C(=O)OC[C@@H]1NC(=O)COC. The lowest BCUT2D eigenvalue weighted by Gasteiger charge is -2.58. The number of fused-ring (bicyclic) bond motifs is 1. The zero-order chi connectivity index (χ0) is 20.5. The maximum atomic E-state index is 12.2. The Balaban J connectivity index is 1.79. The van der Waals surface area contributed by atoms with Crippen molar-refractivity contribution in [1.82, 2.24) is 5.32 Å². The topological polar surface area (TPSA) is 64.6 Å². The molecule has 4 atom stereocenters. The van der Waals surface area contributed by atoms with Crippen molar-refractivity contribution in [2.24, 2.45) is 22.7 Å². The Morgan fingerprint density at radius 1 is 1.36 bits per heavy atom. The molecule has 1 amide bonds. The van der Waals surface area contributed by atoms with E-state index in [1.165, 1.54) is 38.4 Å². The minimum absolute atomic E-state index is 0.0216. The third-order valence-corrected chi connectivity index (χ3v) is 7.50. The second kappa shape index (κ2) is 8.02. The Kier molecular flexibility index (Phi) is 6.04. The Labute approximate surface area is 168 Å². The van der Waals surface area contributed by atoms with E-state index in [2.05, 4.69) is 32.7 Å². The predicted octanol–water partition coefficient (Wildman–Crippen LogP) is 3.79. The van der Waals surface area contributed by atoms with Gasteiger partial charge in [0, 0.05) is 7.11 Å². The molecule has 0 unspecified atom stereocenters. The molecule has 1 aliphatic heterocycles. The fraction of sp³-hybridized carbons (Fsp3) is 0.739. The number of carbonyl (C=O) groups is 2. The summed E-state index contributed by atoms with van der Waals surface area (Å²) in [6.45, 7) is 11.8. The normalized spacial score (nSPS) is 36.1. The van der Waals surface area contributed by atoms with Crippen molar-refractivity contribution in [3.63, 3.8) is 0 Å². The van der Waals surface area contributed by atoms with Gasteiger partial charge >= 0.3 is 5.97 Å². The van der Waals surface area contributed by atoms with Crippen molar-refractivity contribution >= 4 is 11.9 Å². The van der Waals surface area contributed by atoms with Gasteiger partial charge in [0.05, 0.1) is 11.6 Å². The highest BCUT2D eigenvalue weighted by Crippen LogP contribution is 2.61. The minimum atomic E-state index is -0.390. The summed E-state index contributed by atoms with van der Waals surface area (Å²) >= 11 is 0.